The predicted molar refractivity (Wildman–Crippen MR) is 156 cm³/mol. The van der Waals surface area contributed by atoms with Crippen LogP contribution in [-0.2, 0) is 38.4 Å². The van der Waals surface area contributed by atoms with Crippen molar-refractivity contribution in [2.24, 2.45) is 0 Å². The van der Waals surface area contributed by atoms with E-state index in [0.29, 0.717) is 11.3 Å². The van der Waals surface area contributed by atoms with E-state index in [0.717, 1.165) is 9.79 Å². The second-order valence-electron chi connectivity index (χ2n) is 8.46. The fourth-order valence-electron chi connectivity index (χ4n) is 4.16. The van der Waals surface area contributed by atoms with Crippen molar-refractivity contribution in [2.75, 3.05) is 0 Å². The summed E-state index contributed by atoms with van der Waals surface area (Å²) in [6, 6.07) is 43.8. The molecule has 0 aromatic heterocycles. The number of rotatable bonds is 10. The number of hydrogen-bond acceptors (Lipinski definition) is 0. The minimum absolute atomic E-state index is 0. The second kappa shape index (κ2) is 24.6. The molecule has 0 fully saturated rings. The zero-order valence-corrected chi connectivity index (χ0v) is 30.5. The zero-order chi connectivity index (χ0) is 25.6. The van der Waals surface area contributed by atoms with Gasteiger partial charge < -0.3 is 49.6 Å². The fraction of sp³-hybridized carbons (Fsp3) is 0.250. The molecular formula is C32H36Cl4P2Pd2. The summed E-state index contributed by atoms with van der Waals surface area (Å²) in [5.41, 5.74) is 1.43. The van der Waals surface area contributed by atoms with Crippen molar-refractivity contribution >= 4 is 37.1 Å². The molecule has 0 bridgehead atoms. The second-order valence-corrected chi connectivity index (χ2v) is 14.7. The maximum absolute atomic E-state index is 3.41. The first-order chi connectivity index (χ1) is 17.7. The SMILES string of the molecule is CCC([CH2][Pd+2])P(c1ccccc1)c1ccccc1.CCC([CH2][Pd+2])P(c1ccccc1)c1ccccc1.[Cl-].[Cl-].[Cl-].[Cl-]. The Balaban J connectivity index is 0. The molecule has 0 radical (unpaired) electrons. The van der Waals surface area contributed by atoms with Crippen molar-refractivity contribution < 1.29 is 88.0 Å². The van der Waals surface area contributed by atoms with Crippen LogP contribution in [0.4, 0.5) is 0 Å². The van der Waals surface area contributed by atoms with Gasteiger partial charge in [-0.1, -0.05) is 0 Å². The average molecular weight is 837 g/mol. The van der Waals surface area contributed by atoms with E-state index in [1.54, 1.807) is 0 Å². The third-order valence-corrected chi connectivity index (χ3v) is 14.5. The molecule has 0 aliphatic heterocycles. The van der Waals surface area contributed by atoms with E-state index < -0.39 is 0 Å². The topological polar surface area (TPSA) is 0 Å². The average Bonchev–Trinajstić information content (AvgIpc) is 2.96. The Morgan fingerprint density at radius 3 is 0.775 bits per heavy atom. The molecule has 4 aromatic carbocycles. The third kappa shape index (κ3) is 12.8. The van der Waals surface area contributed by atoms with Crippen LogP contribution in [0.25, 0.3) is 0 Å². The van der Waals surface area contributed by atoms with Crippen LogP contribution in [-0.4, -0.2) is 11.3 Å². The molecule has 40 heavy (non-hydrogen) atoms. The van der Waals surface area contributed by atoms with Gasteiger partial charge in [-0.2, -0.15) is 0 Å². The molecule has 0 aliphatic rings. The minimum Gasteiger partial charge on any atom is -1.00 e. The predicted octanol–water partition coefficient (Wildman–Crippen LogP) is -4.26. The summed E-state index contributed by atoms with van der Waals surface area (Å²) in [7, 11) is -0.504. The van der Waals surface area contributed by atoms with Crippen LogP contribution in [0.2, 0.25) is 9.79 Å². The van der Waals surface area contributed by atoms with Crippen LogP contribution in [0, 0.1) is 0 Å². The van der Waals surface area contributed by atoms with Gasteiger partial charge in [-0.25, -0.2) is 0 Å². The first-order valence-corrected chi connectivity index (χ1v) is 17.6. The van der Waals surface area contributed by atoms with Gasteiger partial charge in [0.05, 0.1) is 0 Å². The Bertz CT molecular complexity index is 933. The van der Waals surface area contributed by atoms with Crippen LogP contribution in [0.3, 0.4) is 0 Å². The summed E-state index contributed by atoms with van der Waals surface area (Å²) in [6.07, 6.45) is 2.44. The smallest absolute Gasteiger partial charge is 1.00 e. The summed E-state index contributed by atoms with van der Waals surface area (Å²) in [6.45, 7) is 4.58. The molecule has 222 valence electrons. The normalized spacial score (nSPS) is 11.3. The Labute approximate surface area is 291 Å². The zero-order valence-electron chi connectivity index (χ0n) is 22.6. The van der Waals surface area contributed by atoms with E-state index in [1.807, 2.05) is 0 Å². The third-order valence-electron chi connectivity index (χ3n) is 6.11. The first kappa shape index (κ1) is 42.4. The van der Waals surface area contributed by atoms with Crippen molar-refractivity contribution in [1.82, 2.24) is 0 Å². The van der Waals surface area contributed by atoms with Crippen LogP contribution in [0.5, 0.6) is 0 Å². The molecule has 8 heteroatoms. The van der Waals surface area contributed by atoms with Crippen molar-refractivity contribution in [1.29, 1.82) is 0 Å². The molecule has 0 N–H and O–H groups in total. The fourth-order valence-corrected chi connectivity index (χ4v) is 12.0. The number of benzene rings is 4. The molecule has 0 amide bonds. The molecule has 2 atom stereocenters. The van der Waals surface area contributed by atoms with Crippen LogP contribution in [0.15, 0.2) is 121 Å². The molecule has 2 unspecified atom stereocenters. The van der Waals surface area contributed by atoms with E-state index >= 15 is 0 Å². The van der Waals surface area contributed by atoms with Crippen molar-refractivity contribution in [2.45, 2.75) is 47.8 Å². The van der Waals surface area contributed by atoms with Gasteiger partial charge in [0.1, 0.15) is 0 Å². The Kier molecular flexibility index (Phi) is 26.1. The maximum Gasteiger partial charge on any atom is -1.00 e. The Hall–Kier alpha value is 0.225. The minimum atomic E-state index is -0.252. The van der Waals surface area contributed by atoms with Gasteiger partial charge >= 0.3 is 245 Å². The molecule has 4 aromatic rings. The van der Waals surface area contributed by atoms with Gasteiger partial charge in [-0.05, 0) is 0 Å². The number of hydrogen-bond donors (Lipinski definition) is 0. The molecule has 0 heterocycles. The molecule has 0 aliphatic carbocycles. The monoisotopic (exact) mass is 834 g/mol. The molecule has 0 nitrogen and oxygen atoms in total. The summed E-state index contributed by atoms with van der Waals surface area (Å²) < 4.78 is 0. The summed E-state index contributed by atoms with van der Waals surface area (Å²) >= 11 is 6.83. The van der Waals surface area contributed by atoms with Crippen molar-refractivity contribution in [3.8, 4) is 0 Å². The van der Waals surface area contributed by atoms with Gasteiger partial charge in [0.15, 0.2) is 0 Å². The van der Waals surface area contributed by atoms with Gasteiger partial charge in [0.25, 0.3) is 0 Å². The first-order valence-electron chi connectivity index (χ1n) is 12.5. The molecule has 0 spiro atoms. The maximum atomic E-state index is 3.41. The van der Waals surface area contributed by atoms with E-state index in [4.69, 9.17) is 0 Å². The largest absolute Gasteiger partial charge is 1.00 e. The van der Waals surface area contributed by atoms with Gasteiger partial charge in [0.2, 0.25) is 0 Å². The van der Waals surface area contributed by atoms with E-state index in [1.165, 1.54) is 34.1 Å². The van der Waals surface area contributed by atoms with Gasteiger partial charge in [0, 0.05) is 0 Å². The Morgan fingerprint density at radius 2 is 0.625 bits per heavy atom. The number of halogens is 4. The van der Waals surface area contributed by atoms with Crippen LogP contribution < -0.4 is 70.8 Å². The summed E-state index contributed by atoms with van der Waals surface area (Å²) in [4.78, 5) is 2.21. The van der Waals surface area contributed by atoms with Crippen molar-refractivity contribution in [3.05, 3.63) is 121 Å². The van der Waals surface area contributed by atoms with Crippen LogP contribution >= 0.6 is 15.8 Å². The van der Waals surface area contributed by atoms with Gasteiger partial charge in [-0.15, -0.1) is 0 Å². The summed E-state index contributed by atoms with van der Waals surface area (Å²) in [5.74, 6) is 0. The van der Waals surface area contributed by atoms with E-state index in [-0.39, 0.29) is 65.5 Å². The van der Waals surface area contributed by atoms with E-state index in [9.17, 15) is 0 Å². The van der Waals surface area contributed by atoms with Crippen LogP contribution in [0.1, 0.15) is 26.7 Å². The van der Waals surface area contributed by atoms with E-state index in [2.05, 4.69) is 174 Å². The molecule has 0 saturated heterocycles. The summed E-state index contributed by atoms with van der Waals surface area (Å²) in [5, 5.41) is 5.93. The van der Waals surface area contributed by atoms with Crippen molar-refractivity contribution in [3.63, 3.8) is 0 Å². The molecule has 0 saturated carbocycles. The quantitative estimate of drug-likeness (QED) is 0.112. The standard InChI is InChI=1S/2C16H18P.4ClH.2Pd/c2*1-3-14(2)17(15-10-6-4-7-11-15)16-12-8-5-9-13-16;;;;;;/h2*4-14H,2-3H2,1H3;4*1H;;/q;;;;;;2*+2/p-4. The molecular weight excluding hydrogens is 801 g/mol. The Morgan fingerprint density at radius 1 is 0.425 bits per heavy atom. The molecule has 4 rings (SSSR count). The van der Waals surface area contributed by atoms with Gasteiger partial charge in [-0.3, -0.25) is 0 Å².